The highest BCUT2D eigenvalue weighted by molar-refractivity contribution is 6.35. The van der Waals surface area contributed by atoms with Gasteiger partial charge >= 0.3 is 0 Å². The zero-order valence-corrected chi connectivity index (χ0v) is 12.6. The molecule has 2 saturated heterocycles. The highest BCUT2D eigenvalue weighted by Crippen LogP contribution is 2.27. The van der Waals surface area contributed by atoms with Crippen molar-refractivity contribution in [3.05, 3.63) is 33.8 Å². The molecule has 2 bridgehead atoms. The Morgan fingerprint density at radius 3 is 2.89 bits per heavy atom. The van der Waals surface area contributed by atoms with Crippen molar-refractivity contribution in [2.45, 2.75) is 25.3 Å². The number of piperidine rings is 1. The topological polar surface area (TPSA) is 15.3 Å². The van der Waals surface area contributed by atoms with Crippen LogP contribution >= 0.6 is 23.2 Å². The van der Waals surface area contributed by atoms with E-state index in [1.165, 1.54) is 38.0 Å². The maximum atomic E-state index is 6.19. The van der Waals surface area contributed by atoms with Crippen LogP contribution in [0, 0.1) is 5.92 Å². The van der Waals surface area contributed by atoms with Gasteiger partial charge in [0.1, 0.15) is 0 Å². The Balaban J connectivity index is 1.50. The van der Waals surface area contributed by atoms with Crippen molar-refractivity contribution in [3.8, 4) is 0 Å². The lowest BCUT2D eigenvalue weighted by molar-refractivity contribution is 0.222. The average molecular weight is 299 g/mol. The number of halogens is 2. The number of nitrogens with zero attached hydrogens (tertiary/aromatic N) is 1. The van der Waals surface area contributed by atoms with E-state index >= 15 is 0 Å². The largest absolute Gasteiger partial charge is 0.313 e. The molecule has 3 rings (SSSR count). The van der Waals surface area contributed by atoms with Gasteiger partial charge in [0, 0.05) is 22.6 Å². The normalized spacial score (nSPS) is 29.7. The summed E-state index contributed by atoms with van der Waals surface area (Å²) < 4.78 is 0. The minimum Gasteiger partial charge on any atom is -0.313 e. The van der Waals surface area contributed by atoms with Gasteiger partial charge in [-0.25, -0.2) is 0 Å². The van der Waals surface area contributed by atoms with Crippen molar-refractivity contribution in [1.82, 2.24) is 10.2 Å². The molecule has 1 aromatic rings. The number of rotatable bonds is 4. The van der Waals surface area contributed by atoms with Gasteiger partial charge in [-0.2, -0.15) is 0 Å². The summed E-state index contributed by atoms with van der Waals surface area (Å²) in [7, 11) is 0. The van der Waals surface area contributed by atoms with Crippen molar-refractivity contribution in [1.29, 1.82) is 0 Å². The summed E-state index contributed by atoms with van der Waals surface area (Å²) in [6, 6.07) is 6.47. The van der Waals surface area contributed by atoms with Crippen LogP contribution in [0.3, 0.4) is 0 Å². The fourth-order valence-corrected chi connectivity index (χ4v) is 3.84. The predicted octanol–water partition coefficient (Wildman–Crippen LogP) is 3.22. The van der Waals surface area contributed by atoms with E-state index in [4.69, 9.17) is 23.2 Å². The van der Waals surface area contributed by atoms with Crippen LogP contribution in [0.15, 0.2) is 18.2 Å². The Bertz CT molecular complexity index is 450. The fourth-order valence-electron chi connectivity index (χ4n) is 3.34. The third kappa shape index (κ3) is 3.25. The lowest BCUT2D eigenvalue weighted by Gasteiger charge is -2.31. The molecular formula is C15H20Cl2N2. The summed E-state index contributed by atoms with van der Waals surface area (Å²) in [4.78, 5) is 2.58. The predicted molar refractivity (Wildman–Crippen MR) is 81.1 cm³/mol. The molecule has 3 atom stereocenters. The molecule has 2 aliphatic heterocycles. The Kier molecular flexibility index (Phi) is 4.33. The molecule has 0 amide bonds. The first-order valence-corrected chi connectivity index (χ1v) is 7.87. The molecule has 0 radical (unpaired) electrons. The van der Waals surface area contributed by atoms with Crippen LogP contribution in [0.25, 0.3) is 0 Å². The molecule has 1 N–H and O–H groups in total. The molecule has 4 heteroatoms. The Morgan fingerprint density at radius 1 is 1.21 bits per heavy atom. The smallest absolute Gasteiger partial charge is 0.0453 e. The lowest BCUT2D eigenvalue weighted by Crippen LogP contribution is -2.44. The molecule has 2 heterocycles. The monoisotopic (exact) mass is 298 g/mol. The van der Waals surface area contributed by atoms with Crippen LogP contribution in [0.5, 0.6) is 0 Å². The van der Waals surface area contributed by atoms with Crippen LogP contribution in [0.4, 0.5) is 0 Å². The third-order valence-corrected chi connectivity index (χ3v) is 5.04. The van der Waals surface area contributed by atoms with E-state index in [0.29, 0.717) is 11.1 Å². The summed E-state index contributed by atoms with van der Waals surface area (Å²) in [6.07, 6.45) is 3.63. The minimum atomic E-state index is 0.699. The molecule has 0 saturated carbocycles. The average Bonchev–Trinajstić information content (AvgIpc) is 2.77. The minimum absolute atomic E-state index is 0.699. The van der Waals surface area contributed by atoms with Gasteiger partial charge in [0.05, 0.1) is 0 Å². The van der Waals surface area contributed by atoms with Crippen molar-refractivity contribution in [2.75, 3.05) is 26.2 Å². The Labute approximate surface area is 125 Å². The maximum absolute atomic E-state index is 6.19. The first-order chi connectivity index (χ1) is 9.22. The number of fused-ring (bicyclic) bond motifs is 2. The third-order valence-electron chi connectivity index (χ3n) is 4.45. The van der Waals surface area contributed by atoms with E-state index in [-0.39, 0.29) is 0 Å². The van der Waals surface area contributed by atoms with E-state index in [1.54, 1.807) is 0 Å². The summed E-state index contributed by atoms with van der Waals surface area (Å²) in [5.74, 6) is 0.856. The summed E-state index contributed by atoms with van der Waals surface area (Å²) >= 11 is 12.1. The van der Waals surface area contributed by atoms with Gasteiger partial charge in [0.15, 0.2) is 0 Å². The lowest BCUT2D eigenvalue weighted by atomic mass is 9.94. The zero-order chi connectivity index (χ0) is 13.2. The number of hydrogen-bond donors (Lipinski definition) is 1. The van der Waals surface area contributed by atoms with Gasteiger partial charge < -0.3 is 10.2 Å². The van der Waals surface area contributed by atoms with Crippen molar-refractivity contribution < 1.29 is 0 Å². The molecule has 0 aromatic heterocycles. The van der Waals surface area contributed by atoms with E-state index in [1.807, 2.05) is 18.2 Å². The van der Waals surface area contributed by atoms with Gasteiger partial charge in [0.2, 0.25) is 0 Å². The SMILES string of the molecule is Clc1ccc(CCNC2CCN3CCC2C3)c(Cl)c1. The van der Waals surface area contributed by atoms with Gasteiger partial charge in [-0.15, -0.1) is 0 Å². The second-order valence-corrected chi connectivity index (χ2v) is 6.53. The quantitative estimate of drug-likeness (QED) is 0.918. The van der Waals surface area contributed by atoms with Gasteiger partial charge in [-0.1, -0.05) is 29.3 Å². The van der Waals surface area contributed by atoms with Crippen LogP contribution in [-0.2, 0) is 6.42 Å². The molecule has 19 heavy (non-hydrogen) atoms. The molecule has 3 unspecified atom stereocenters. The van der Waals surface area contributed by atoms with Crippen molar-refractivity contribution in [3.63, 3.8) is 0 Å². The fraction of sp³-hybridized carbons (Fsp3) is 0.600. The van der Waals surface area contributed by atoms with Crippen LogP contribution < -0.4 is 5.32 Å². The van der Waals surface area contributed by atoms with E-state index in [9.17, 15) is 0 Å². The molecule has 0 spiro atoms. The molecule has 2 nitrogen and oxygen atoms in total. The highest BCUT2D eigenvalue weighted by atomic mass is 35.5. The molecule has 2 aliphatic rings. The van der Waals surface area contributed by atoms with E-state index in [2.05, 4.69) is 10.2 Å². The van der Waals surface area contributed by atoms with E-state index in [0.717, 1.165) is 23.9 Å². The van der Waals surface area contributed by atoms with E-state index < -0.39 is 0 Å². The van der Waals surface area contributed by atoms with Gasteiger partial charge in [0.25, 0.3) is 0 Å². The number of hydrogen-bond acceptors (Lipinski definition) is 2. The number of benzene rings is 1. The van der Waals surface area contributed by atoms with Crippen molar-refractivity contribution in [2.24, 2.45) is 5.92 Å². The first kappa shape index (κ1) is 13.7. The molecule has 104 valence electrons. The second-order valence-electron chi connectivity index (χ2n) is 5.68. The van der Waals surface area contributed by atoms with Crippen LogP contribution in [0.2, 0.25) is 10.0 Å². The summed E-state index contributed by atoms with van der Waals surface area (Å²) in [5.41, 5.74) is 1.18. The molecule has 0 aliphatic carbocycles. The van der Waals surface area contributed by atoms with Gasteiger partial charge in [-0.05, 0) is 62.5 Å². The Morgan fingerprint density at radius 2 is 2.05 bits per heavy atom. The van der Waals surface area contributed by atoms with Gasteiger partial charge in [-0.3, -0.25) is 0 Å². The van der Waals surface area contributed by atoms with Crippen molar-refractivity contribution >= 4 is 23.2 Å². The highest BCUT2D eigenvalue weighted by Gasteiger charge is 2.33. The first-order valence-electron chi connectivity index (χ1n) is 7.12. The molecule has 2 fully saturated rings. The molecular weight excluding hydrogens is 279 g/mol. The summed E-state index contributed by atoms with van der Waals surface area (Å²) in [5, 5.41) is 5.21. The summed E-state index contributed by atoms with van der Waals surface area (Å²) in [6.45, 7) is 4.85. The maximum Gasteiger partial charge on any atom is 0.0453 e. The second kappa shape index (κ2) is 6.01. The molecule has 1 aromatic carbocycles. The number of nitrogens with one attached hydrogen (secondary N) is 1. The van der Waals surface area contributed by atoms with Crippen LogP contribution in [0.1, 0.15) is 18.4 Å². The standard InChI is InChI=1S/C15H20Cl2N2/c16-13-2-1-11(14(17)9-13)3-6-18-15-5-8-19-7-4-12(15)10-19/h1-2,9,12,15,18H,3-8,10H2. The zero-order valence-electron chi connectivity index (χ0n) is 11.0. The van der Waals surface area contributed by atoms with Crippen LogP contribution in [-0.4, -0.2) is 37.1 Å². The Hall–Kier alpha value is -0.280.